The van der Waals surface area contributed by atoms with Crippen molar-refractivity contribution in [2.24, 2.45) is 10.4 Å². The van der Waals surface area contributed by atoms with Gasteiger partial charge in [-0.15, -0.1) is 24.0 Å². The Hall–Kier alpha value is -0.830. The molecule has 7 heteroatoms. The number of nitrogens with one attached hydrogen (secondary N) is 2. The first kappa shape index (κ1) is 24.2. The molecule has 2 N–H and O–H groups in total. The Bertz CT molecular complexity index is 581. The van der Waals surface area contributed by atoms with Gasteiger partial charge in [0.1, 0.15) is 5.76 Å². The lowest BCUT2D eigenvalue weighted by Gasteiger charge is -2.52. The molecular weight excluding hydrogens is 455 g/mol. The molecule has 1 aromatic rings. The second-order valence-electron chi connectivity index (χ2n) is 7.78. The second-order valence-corrected chi connectivity index (χ2v) is 7.78. The normalized spacial score (nSPS) is 21.3. The van der Waals surface area contributed by atoms with Crippen LogP contribution in [0, 0.1) is 19.3 Å². The maximum absolute atomic E-state index is 6.04. The highest BCUT2D eigenvalue weighted by Crippen LogP contribution is 2.42. The third-order valence-corrected chi connectivity index (χ3v) is 5.46. The molecule has 27 heavy (non-hydrogen) atoms. The predicted octanol–water partition coefficient (Wildman–Crippen LogP) is 3.99. The van der Waals surface area contributed by atoms with Gasteiger partial charge >= 0.3 is 0 Å². The Morgan fingerprint density at radius 1 is 1.33 bits per heavy atom. The van der Waals surface area contributed by atoms with Crippen LogP contribution >= 0.6 is 24.0 Å². The molecule has 0 spiro atoms. The van der Waals surface area contributed by atoms with Crippen LogP contribution in [0.1, 0.15) is 64.0 Å². The van der Waals surface area contributed by atoms with Crippen molar-refractivity contribution in [1.82, 2.24) is 15.8 Å². The van der Waals surface area contributed by atoms with E-state index in [2.05, 4.69) is 43.5 Å². The molecule has 1 aliphatic carbocycles. The highest BCUT2D eigenvalue weighted by Gasteiger charge is 2.49. The minimum atomic E-state index is 0. The van der Waals surface area contributed by atoms with E-state index in [0.29, 0.717) is 18.7 Å². The molecule has 1 fully saturated rings. The van der Waals surface area contributed by atoms with Gasteiger partial charge < -0.3 is 19.9 Å². The molecule has 2 atom stereocenters. The van der Waals surface area contributed by atoms with Crippen LogP contribution < -0.4 is 10.6 Å². The highest BCUT2D eigenvalue weighted by molar-refractivity contribution is 14.0. The van der Waals surface area contributed by atoms with Gasteiger partial charge in [-0.1, -0.05) is 32.3 Å². The fourth-order valence-corrected chi connectivity index (χ4v) is 3.41. The van der Waals surface area contributed by atoms with Crippen LogP contribution in [-0.4, -0.2) is 43.0 Å². The number of aromatic nitrogens is 1. The number of aryl methyl sites for hydroxylation is 2. The van der Waals surface area contributed by atoms with E-state index in [9.17, 15) is 0 Å². The summed E-state index contributed by atoms with van der Waals surface area (Å²) < 4.78 is 11.3. The summed E-state index contributed by atoms with van der Waals surface area (Å²) in [5, 5.41) is 11.0. The summed E-state index contributed by atoms with van der Waals surface area (Å²) in [6.45, 7) is 15.2. The van der Waals surface area contributed by atoms with Crippen molar-refractivity contribution in [2.45, 2.75) is 79.4 Å². The fraction of sp³-hybridized carbons (Fsp3) is 0.800. The molecule has 1 aromatic heterocycles. The molecule has 0 aromatic carbocycles. The first-order chi connectivity index (χ1) is 12.4. The number of ether oxygens (including phenoxy) is 1. The Kier molecular flexibility index (Phi) is 10.1. The summed E-state index contributed by atoms with van der Waals surface area (Å²) in [5.41, 5.74) is 2.24. The third kappa shape index (κ3) is 6.34. The van der Waals surface area contributed by atoms with Crippen molar-refractivity contribution in [1.29, 1.82) is 0 Å². The third-order valence-electron chi connectivity index (χ3n) is 5.46. The van der Waals surface area contributed by atoms with Crippen LogP contribution in [0.5, 0.6) is 0 Å². The van der Waals surface area contributed by atoms with Gasteiger partial charge in [-0.05, 0) is 40.0 Å². The number of unbranched alkanes of at least 4 members (excludes halogenated alkanes) is 1. The number of guanidine groups is 1. The molecule has 2 rings (SSSR count). The van der Waals surface area contributed by atoms with Gasteiger partial charge in [-0.3, -0.25) is 4.99 Å². The molecular formula is C20H37IN4O2. The van der Waals surface area contributed by atoms with Crippen LogP contribution in [0.2, 0.25) is 0 Å². The van der Waals surface area contributed by atoms with Crippen molar-refractivity contribution in [3.63, 3.8) is 0 Å². The number of aliphatic imine (C=N–C) groups is 1. The van der Waals surface area contributed by atoms with E-state index >= 15 is 0 Å². The van der Waals surface area contributed by atoms with Crippen LogP contribution in [0.15, 0.2) is 9.52 Å². The number of nitrogens with zero attached hydrogens (tertiary/aromatic N) is 2. The van der Waals surface area contributed by atoms with Crippen molar-refractivity contribution in [2.75, 3.05) is 19.7 Å². The lowest BCUT2D eigenvalue weighted by Crippen LogP contribution is -2.63. The van der Waals surface area contributed by atoms with Crippen molar-refractivity contribution in [3.05, 3.63) is 17.0 Å². The summed E-state index contributed by atoms with van der Waals surface area (Å²) in [7, 11) is 0. The molecule has 2 unspecified atom stereocenters. The summed E-state index contributed by atoms with van der Waals surface area (Å²) in [6, 6.07) is 0.381. The predicted molar refractivity (Wildman–Crippen MR) is 121 cm³/mol. The molecule has 0 aliphatic heterocycles. The van der Waals surface area contributed by atoms with Crippen molar-refractivity contribution in [3.8, 4) is 0 Å². The standard InChI is InChI=1S/C20H36N4O2.HI/c1-7-9-12-25-18-13-17(20(18,5)6)23-19(21-8-2)22-11-10-16-14(3)24-26-15(16)4;/h17-18H,7-13H2,1-6H3,(H2,21,22,23);1H. The monoisotopic (exact) mass is 492 g/mol. The zero-order valence-corrected chi connectivity index (χ0v) is 20.1. The highest BCUT2D eigenvalue weighted by atomic mass is 127. The number of rotatable bonds is 9. The topological polar surface area (TPSA) is 71.7 Å². The van der Waals surface area contributed by atoms with Crippen LogP contribution in [0.4, 0.5) is 0 Å². The summed E-state index contributed by atoms with van der Waals surface area (Å²) in [5.74, 6) is 1.77. The zero-order valence-electron chi connectivity index (χ0n) is 17.7. The van der Waals surface area contributed by atoms with Crippen LogP contribution in [0.25, 0.3) is 0 Å². The Labute approximate surface area is 181 Å². The van der Waals surface area contributed by atoms with E-state index in [0.717, 1.165) is 55.4 Å². The number of halogens is 1. The summed E-state index contributed by atoms with van der Waals surface area (Å²) >= 11 is 0. The van der Waals surface area contributed by atoms with Crippen LogP contribution in [0.3, 0.4) is 0 Å². The number of hydrogen-bond donors (Lipinski definition) is 2. The zero-order chi connectivity index (χ0) is 19.2. The average Bonchev–Trinajstić information content (AvgIpc) is 2.92. The summed E-state index contributed by atoms with van der Waals surface area (Å²) in [4.78, 5) is 4.74. The van der Waals surface area contributed by atoms with E-state index in [1.54, 1.807) is 0 Å². The average molecular weight is 492 g/mol. The minimum absolute atomic E-state index is 0. The Balaban J connectivity index is 0.00000364. The molecule has 0 saturated heterocycles. The molecule has 6 nitrogen and oxygen atoms in total. The molecule has 1 saturated carbocycles. The van der Waals surface area contributed by atoms with Gasteiger partial charge in [0.2, 0.25) is 0 Å². The molecule has 1 aliphatic rings. The summed E-state index contributed by atoms with van der Waals surface area (Å²) in [6.07, 6.45) is 4.52. The first-order valence-electron chi connectivity index (χ1n) is 9.98. The van der Waals surface area contributed by atoms with Crippen LogP contribution in [-0.2, 0) is 11.2 Å². The van der Waals surface area contributed by atoms with Crippen molar-refractivity contribution >= 4 is 29.9 Å². The maximum Gasteiger partial charge on any atom is 0.191 e. The van der Waals surface area contributed by atoms with Gasteiger partial charge in [0.25, 0.3) is 0 Å². The maximum atomic E-state index is 6.04. The fourth-order valence-electron chi connectivity index (χ4n) is 3.41. The molecule has 156 valence electrons. The second kappa shape index (κ2) is 11.2. The quantitative estimate of drug-likeness (QED) is 0.236. The van der Waals surface area contributed by atoms with Gasteiger partial charge in [0.05, 0.1) is 11.8 Å². The van der Waals surface area contributed by atoms with Gasteiger partial charge in [0, 0.05) is 36.7 Å². The SMILES string of the molecule is CCCCOC1CC(NC(=NCCc2c(C)noc2C)NCC)C1(C)C.I. The van der Waals surface area contributed by atoms with Gasteiger partial charge in [0.15, 0.2) is 5.96 Å². The molecule has 0 amide bonds. The Morgan fingerprint density at radius 3 is 2.63 bits per heavy atom. The molecule has 1 heterocycles. The van der Waals surface area contributed by atoms with E-state index in [1.807, 2.05) is 13.8 Å². The van der Waals surface area contributed by atoms with Gasteiger partial charge in [-0.25, -0.2) is 0 Å². The lowest BCUT2D eigenvalue weighted by molar-refractivity contribution is -0.113. The lowest BCUT2D eigenvalue weighted by atomic mass is 9.64. The smallest absolute Gasteiger partial charge is 0.191 e. The largest absolute Gasteiger partial charge is 0.378 e. The molecule has 0 radical (unpaired) electrons. The minimum Gasteiger partial charge on any atom is -0.378 e. The Morgan fingerprint density at radius 2 is 2.07 bits per heavy atom. The van der Waals surface area contributed by atoms with E-state index in [4.69, 9.17) is 14.3 Å². The van der Waals surface area contributed by atoms with Gasteiger partial charge in [-0.2, -0.15) is 0 Å². The molecule has 0 bridgehead atoms. The van der Waals surface area contributed by atoms with Crippen molar-refractivity contribution < 1.29 is 9.26 Å². The number of hydrogen-bond acceptors (Lipinski definition) is 4. The van der Waals surface area contributed by atoms with E-state index < -0.39 is 0 Å². The van der Waals surface area contributed by atoms with E-state index in [1.165, 1.54) is 6.42 Å². The first-order valence-corrected chi connectivity index (χ1v) is 9.98. The van der Waals surface area contributed by atoms with E-state index in [-0.39, 0.29) is 29.4 Å².